The number of sulfonamides is 1. The lowest BCUT2D eigenvalue weighted by Crippen LogP contribution is -2.32. The van der Waals surface area contributed by atoms with Crippen molar-refractivity contribution in [1.29, 1.82) is 0 Å². The fraction of sp³-hybridized carbons (Fsp3) is 0.333. The minimum atomic E-state index is -3.61. The molecule has 0 fully saturated rings. The highest BCUT2D eigenvalue weighted by Crippen LogP contribution is 2.27. The number of nitrogens with two attached hydrogens (primary N) is 1. The van der Waals surface area contributed by atoms with Gasteiger partial charge in [0.1, 0.15) is 0 Å². The van der Waals surface area contributed by atoms with Gasteiger partial charge in [-0.15, -0.1) is 6.42 Å². The maximum Gasteiger partial charge on any atom is 0.245 e. The van der Waals surface area contributed by atoms with Gasteiger partial charge < -0.3 is 5.73 Å². The van der Waals surface area contributed by atoms with E-state index in [2.05, 4.69) is 21.9 Å². The Morgan fingerprint density at radius 3 is 2.72 bits per heavy atom. The Kier molecular flexibility index (Phi) is 5.20. The molecule has 2 N–H and O–H groups in total. The lowest BCUT2D eigenvalue weighted by Gasteiger charge is -2.20. The van der Waals surface area contributed by atoms with Gasteiger partial charge in [0.05, 0.1) is 11.4 Å². The van der Waals surface area contributed by atoms with Crippen molar-refractivity contribution >= 4 is 31.6 Å². The molecular weight excluding hydrogens is 316 g/mol. The number of anilines is 1. The molecule has 4 nitrogen and oxygen atoms in total. The number of halogens is 1. The third kappa shape index (κ3) is 3.25. The molecule has 1 rings (SSSR count). The summed E-state index contributed by atoms with van der Waals surface area (Å²) in [5.41, 5.74) is 6.03. The van der Waals surface area contributed by atoms with Crippen LogP contribution in [0.5, 0.6) is 0 Å². The molecule has 1 aromatic carbocycles. The molecule has 0 saturated heterocycles. The second kappa shape index (κ2) is 6.23. The van der Waals surface area contributed by atoms with Gasteiger partial charge in [-0.3, -0.25) is 0 Å². The van der Waals surface area contributed by atoms with Crippen molar-refractivity contribution in [2.75, 3.05) is 18.8 Å². The van der Waals surface area contributed by atoms with E-state index in [-0.39, 0.29) is 11.4 Å². The van der Waals surface area contributed by atoms with Crippen LogP contribution in [0.15, 0.2) is 27.6 Å². The van der Waals surface area contributed by atoms with Crippen LogP contribution in [-0.2, 0) is 10.0 Å². The topological polar surface area (TPSA) is 63.4 Å². The summed E-state index contributed by atoms with van der Waals surface area (Å²) >= 11 is 3.22. The van der Waals surface area contributed by atoms with E-state index in [1.165, 1.54) is 10.4 Å². The number of rotatable bonds is 5. The summed E-state index contributed by atoms with van der Waals surface area (Å²) in [6, 6.07) is 4.68. The molecule has 98 valence electrons. The molecule has 0 unspecified atom stereocenters. The fourth-order valence-electron chi connectivity index (χ4n) is 1.49. The predicted octanol–water partition coefficient (Wildman–Crippen LogP) is 2.07. The molecular formula is C12H15BrN2O2S. The first-order chi connectivity index (χ1) is 8.43. The first-order valence-corrected chi connectivity index (χ1v) is 7.65. The summed E-state index contributed by atoms with van der Waals surface area (Å²) in [6.07, 6.45) is 5.91. The van der Waals surface area contributed by atoms with E-state index in [1.807, 2.05) is 6.92 Å². The maximum atomic E-state index is 12.4. The molecule has 0 radical (unpaired) electrons. The summed E-state index contributed by atoms with van der Waals surface area (Å²) in [7, 11) is -3.61. The second-order valence-corrected chi connectivity index (χ2v) is 6.49. The molecule has 0 saturated carbocycles. The van der Waals surface area contributed by atoms with Crippen LogP contribution in [-0.4, -0.2) is 25.8 Å². The highest BCUT2D eigenvalue weighted by atomic mass is 79.9. The van der Waals surface area contributed by atoms with Gasteiger partial charge in [-0.1, -0.05) is 12.8 Å². The van der Waals surface area contributed by atoms with Crippen LogP contribution in [0.3, 0.4) is 0 Å². The Bertz CT molecular complexity index is 564. The van der Waals surface area contributed by atoms with Gasteiger partial charge in [0, 0.05) is 16.7 Å². The van der Waals surface area contributed by atoms with E-state index in [1.54, 1.807) is 12.1 Å². The standard InChI is InChI=1S/C12H15BrN2O2S/c1-3-7-15(8-4-2)18(16,17)12-9-10(14)5-6-11(12)13/h1,5-6,9H,4,7-8,14H2,2H3. The molecule has 0 bridgehead atoms. The van der Waals surface area contributed by atoms with Crippen molar-refractivity contribution < 1.29 is 8.42 Å². The smallest absolute Gasteiger partial charge is 0.245 e. The van der Waals surface area contributed by atoms with Crippen LogP contribution >= 0.6 is 15.9 Å². The average Bonchev–Trinajstić information content (AvgIpc) is 2.32. The lowest BCUT2D eigenvalue weighted by atomic mass is 10.3. The monoisotopic (exact) mass is 330 g/mol. The largest absolute Gasteiger partial charge is 0.399 e. The molecule has 6 heteroatoms. The first kappa shape index (κ1) is 15.0. The lowest BCUT2D eigenvalue weighted by molar-refractivity contribution is 0.445. The third-order valence-corrected chi connectivity index (χ3v) is 5.15. The predicted molar refractivity (Wildman–Crippen MR) is 76.4 cm³/mol. The Labute approximate surface area is 116 Å². The number of hydrogen-bond donors (Lipinski definition) is 1. The molecule has 0 amide bonds. The van der Waals surface area contributed by atoms with E-state index in [9.17, 15) is 8.42 Å². The van der Waals surface area contributed by atoms with Crippen LogP contribution in [0, 0.1) is 12.3 Å². The van der Waals surface area contributed by atoms with E-state index in [0.29, 0.717) is 23.1 Å². The van der Waals surface area contributed by atoms with Gasteiger partial charge in [0.2, 0.25) is 10.0 Å². The van der Waals surface area contributed by atoms with Crippen molar-refractivity contribution in [3.05, 3.63) is 22.7 Å². The van der Waals surface area contributed by atoms with Crippen LogP contribution in [0.2, 0.25) is 0 Å². The molecule has 0 spiro atoms. The zero-order valence-corrected chi connectivity index (χ0v) is 12.5. The van der Waals surface area contributed by atoms with Crippen molar-refractivity contribution in [2.45, 2.75) is 18.2 Å². The van der Waals surface area contributed by atoms with Gasteiger partial charge in [-0.05, 0) is 40.5 Å². The Hall–Kier alpha value is -1.03. The molecule has 0 aliphatic rings. The van der Waals surface area contributed by atoms with E-state index in [4.69, 9.17) is 12.2 Å². The van der Waals surface area contributed by atoms with Gasteiger partial charge in [0.15, 0.2) is 0 Å². The zero-order chi connectivity index (χ0) is 13.8. The van der Waals surface area contributed by atoms with Gasteiger partial charge in [-0.25, -0.2) is 8.42 Å². The quantitative estimate of drug-likeness (QED) is 0.664. The third-order valence-electron chi connectivity index (χ3n) is 2.31. The number of benzene rings is 1. The minimum Gasteiger partial charge on any atom is -0.399 e. The second-order valence-electron chi connectivity index (χ2n) is 3.73. The normalized spacial score (nSPS) is 11.4. The fourth-order valence-corrected chi connectivity index (χ4v) is 3.90. The molecule has 0 aromatic heterocycles. The van der Waals surface area contributed by atoms with Gasteiger partial charge in [0.25, 0.3) is 0 Å². The van der Waals surface area contributed by atoms with Crippen LogP contribution in [0.4, 0.5) is 5.69 Å². The average molecular weight is 331 g/mol. The SMILES string of the molecule is C#CCN(CCC)S(=O)(=O)c1cc(N)ccc1Br. The number of hydrogen-bond acceptors (Lipinski definition) is 3. The summed E-state index contributed by atoms with van der Waals surface area (Å²) in [4.78, 5) is 0.145. The van der Waals surface area contributed by atoms with Crippen molar-refractivity contribution in [1.82, 2.24) is 4.31 Å². The highest BCUT2D eigenvalue weighted by molar-refractivity contribution is 9.10. The summed E-state index contributed by atoms with van der Waals surface area (Å²) < 4.78 is 26.6. The molecule has 0 aliphatic heterocycles. The van der Waals surface area contributed by atoms with Crippen LogP contribution in [0.1, 0.15) is 13.3 Å². The Morgan fingerprint density at radius 2 is 2.17 bits per heavy atom. The Balaban J connectivity index is 3.26. The number of nitrogen functional groups attached to an aromatic ring is 1. The van der Waals surface area contributed by atoms with E-state index < -0.39 is 10.0 Å². The number of nitrogens with zero attached hydrogens (tertiary/aromatic N) is 1. The van der Waals surface area contributed by atoms with E-state index >= 15 is 0 Å². The summed E-state index contributed by atoms with van der Waals surface area (Å²) in [5.74, 6) is 2.36. The Morgan fingerprint density at radius 1 is 1.50 bits per heavy atom. The molecule has 1 aromatic rings. The van der Waals surface area contributed by atoms with Crippen molar-refractivity contribution in [3.63, 3.8) is 0 Å². The van der Waals surface area contributed by atoms with Crippen LogP contribution in [0.25, 0.3) is 0 Å². The van der Waals surface area contributed by atoms with Gasteiger partial charge >= 0.3 is 0 Å². The molecule has 0 heterocycles. The van der Waals surface area contributed by atoms with E-state index in [0.717, 1.165) is 0 Å². The first-order valence-electron chi connectivity index (χ1n) is 5.42. The van der Waals surface area contributed by atoms with Crippen molar-refractivity contribution in [2.24, 2.45) is 0 Å². The molecule has 0 aliphatic carbocycles. The highest BCUT2D eigenvalue weighted by Gasteiger charge is 2.25. The number of terminal acetylenes is 1. The molecule has 0 atom stereocenters. The summed E-state index contributed by atoms with van der Waals surface area (Å²) in [5, 5.41) is 0. The summed E-state index contributed by atoms with van der Waals surface area (Å²) in [6.45, 7) is 2.33. The molecule has 18 heavy (non-hydrogen) atoms. The van der Waals surface area contributed by atoms with Gasteiger partial charge in [-0.2, -0.15) is 4.31 Å². The zero-order valence-electron chi connectivity index (χ0n) is 10.1. The minimum absolute atomic E-state index is 0.0530. The van der Waals surface area contributed by atoms with Crippen LogP contribution < -0.4 is 5.73 Å². The maximum absolute atomic E-state index is 12.4. The van der Waals surface area contributed by atoms with Crippen molar-refractivity contribution in [3.8, 4) is 12.3 Å².